The van der Waals surface area contributed by atoms with Crippen molar-refractivity contribution in [3.05, 3.63) is 102 Å². The molecule has 1 heterocycles. The quantitative estimate of drug-likeness (QED) is 0.212. The normalized spacial score (nSPS) is 11.3. The first kappa shape index (κ1) is 25.5. The Morgan fingerprint density at radius 1 is 0.912 bits per heavy atom. The van der Waals surface area contributed by atoms with Gasteiger partial charge < -0.3 is 9.45 Å². The Kier molecular flexibility index (Phi) is 8.50. The molecule has 0 radical (unpaired) electrons. The lowest BCUT2D eigenvalue weighted by molar-refractivity contribution is -0.646. The van der Waals surface area contributed by atoms with E-state index in [0.717, 1.165) is 5.56 Å². The Morgan fingerprint density at radius 2 is 1.56 bits per heavy atom. The molecule has 0 amide bonds. The van der Waals surface area contributed by atoms with Gasteiger partial charge in [-0.25, -0.2) is 8.42 Å². The summed E-state index contributed by atoms with van der Waals surface area (Å²) >= 11 is 1.77. The highest BCUT2D eigenvalue weighted by Crippen LogP contribution is 2.27. The van der Waals surface area contributed by atoms with Crippen molar-refractivity contribution in [2.75, 3.05) is 18.2 Å². The molecule has 0 fully saturated rings. The van der Waals surface area contributed by atoms with Crippen LogP contribution in [0.3, 0.4) is 0 Å². The third-order valence-electron chi connectivity index (χ3n) is 5.36. The molecule has 0 aliphatic heterocycles. The number of aromatic nitrogens is 1. The van der Waals surface area contributed by atoms with E-state index in [4.69, 9.17) is 0 Å². The van der Waals surface area contributed by atoms with E-state index < -0.39 is 10.1 Å². The fourth-order valence-electron chi connectivity index (χ4n) is 3.42. The van der Waals surface area contributed by atoms with Gasteiger partial charge in [-0.1, -0.05) is 42.0 Å². The molecule has 176 valence electrons. The lowest BCUT2D eigenvalue weighted by atomic mass is 10.2. The summed E-state index contributed by atoms with van der Waals surface area (Å²) in [6, 6.07) is 27.0. The number of nitrogens with zero attached hydrogens (tertiary/aromatic N) is 2. The number of fused-ring (bicyclic) bond motifs is 1. The number of hydrogen-bond acceptors (Lipinski definition) is 5. The van der Waals surface area contributed by atoms with Crippen LogP contribution in [0.4, 0.5) is 5.69 Å². The van der Waals surface area contributed by atoms with Crippen LogP contribution in [0.5, 0.6) is 0 Å². The molecular formula is C27H28N2O3S2. The number of aryl methyl sites for hydroxylation is 2. The zero-order valence-electron chi connectivity index (χ0n) is 19.7. The van der Waals surface area contributed by atoms with Gasteiger partial charge in [0.2, 0.25) is 11.2 Å². The highest BCUT2D eigenvalue weighted by molar-refractivity contribution is 7.98. The van der Waals surface area contributed by atoms with Gasteiger partial charge in [0.15, 0.2) is 0 Å². The smallest absolute Gasteiger partial charge is 0.212 e. The molecule has 7 heteroatoms. The summed E-state index contributed by atoms with van der Waals surface area (Å²) < 4.78 is 33.4. The SMILES string of the molecule is CSc1ccccc1N(C)/C=C/c1ccc2ccccc2[n+]1C.Cc1ccc(S(=O)(=O)[O-])cc1. The molecule has 0 spiro atoms. The molecule has 0 aliphatic rings. The summed E-state index contributed by atoms with van der Waals surface area (Å²) in [5.41, 5.74) is 4.57. The van der Waals surface area contributed by atoms with Crippen molar-refractivity contribution in [3.63, 3.8) is 0 Å². The van der Waals surface area contributed by atoms with Crippen LogP contribution in [0, 0.1) is 6.92 Å². The Morgan fingerprint density at radius 3 is 2.24 bits per heavy atom. The number of benzene rings is 3. The van der Waals surface area contributed by atoms with Crippen LogP contribution in [-0.2, 0) is 17.2 Å². The van der Waals surface area contributed by atoms with E-state index in [1.807, 2.05) is 6.92 Å². The zero-order valence-corrected chi connectivity index (χ0v) is 21.3. The molecule has 0 unspecified atom stereocenters. The minimum absolute atomic E-state index is 0.178. The summed E-state index contributed by atoms with van der Waals surface area (Å²) in [4.78, 5) is 3.27. The molecule has 1 aromatic heterocycles. The molecule has 0 aliphatic carbocycles. The number of hydrogen-bond donors (Lipinski definition) is 0. The van der Waals surface area contributed by atoms with Crippen molar-refractivity contribution in [2.24, 2.45) is 7.05 Å². The number of rotatable bonds is 5. The highest BCUT2D eigenvalue weighted by Gasteiger charge is 2.09. The minimum Gasteiger partial charge on any atom is -0.744 e. The monoisotopic (exact) mass is 492 g/mol. The Labute approximate surface area is 206 Å². The Hall–Kier alpha value is -3.13. The maximum Gasteiger partial charge on any atom is 0.212 e. The van der Waals surface area contributed by atoms with E-state index in [1.165, 1.54) is 39.3 Å². The number of thioether (sulfide) groups is 1. The first-order chi connectivity index (χ1) is 16.2. The lowest BCUT2D eigenvalue weighted by Gasteiger charge is -2.17. The largest absolute Gasteiger partial charge is 0.744 e. The van der Waals surface area contributed by atoms with E-state index in [1.54, 1.807) is 23.9 Å². The van der Waals surface area contributed by atoms with Crippen LogP contribution < -0.4 is 9.47 Å². The minimum atomic E-state index is -4.27. The predicted octanol–water partition coefficient (Wildman–Crippen LogP) is 5.39. The second-order valence-corrected chi connectivity index (χ2v) is 9.97. The van der Waals surface area contributed by atoms with E-state index >= 15 is 0 Å². The van der Waals surface area contributed by atoms with Gasteiger partial charge in [0.25, 0.3) is 0 Å². The molecule has 0 atom stereocenters. The van der Waals surface area contributed by atoms with Gasteiger partial charge in [0.1, 0.15) is 17.2 Å². The maximum atomic E-state index is 10.4. The number of pyridine rings is 1. The third kappa shape index (κ3) is 6.47. The molecule has 0 saturated heterocycles. The van der Waals surface area contributed by atoms with Crippen molar-refractivity contribution < 1.29 is 17.5 Å². The third-order valence-corrected chi connectivity index (χ3v) is 7.00. The fourth-order valence-corrected chi connectivity index (χ4v) is 4.53. The summed E-state index contributed by atoms with van der Waals surface area (Å²) in [5.74, 6) is 0. The molecule has 0 bridgehead atoms. The van der Waals surface area contributed by atoms with Crippen LogP contribution in [0.15, 0.2) is 101 Å². The standard InChI is InChI=1S/C20H21N2S.C7H8O3S/c1-21(19-10-6-7-11-20(19)23-3)15-14-17-13-12-16-8-4-5-9-18(16)22(17)2;1-6-2-4-7(5-3-6)11(8,9)10/h4-15H,1-3H3;2-5H,1H3,(H,8,9,10)/q+1;/p-1. The van der Waals surface area contributed by atoms with Gasteiger partial charge in [-0.05, 0) is 49.6 Å². The summed E-state index contributed by atoms with van der Waals surface area (Å²) in [6.07, 6.45) is 6.39. The first-order valence-corrected chi connectivity index (χ1v) is 13.3. The second-order valence-electron chi connectivity index (χ2n) is 7.74. The predicted molar refractivity (Wildman–Crippen MR) is 140 cm³/mol. The molecular weight excluding hydrogens is 464 g/mol. The van der Waals surface area contributed by atoms with Gasteiger partial charge in [-0.3, -0.25) is 0 Å². The lowest BCUT2D eigenvalue weighted by Crippen LogP contribution is -2.32. The van der Waals surface area contributed by atoms with Crippen molar-refractivity contribution >= 4 is 44.5 Å². The summed E-state index contributed by atoms with van der Waals surface area (Å²) in [7, 11) is -0.0707. The highest BCUT2D eigenvalue weighted by atomic mass is 32.2. The molecule has 4 rings (SSSR count). The van der Waals surface area contributed by atoms with Crippen LogP contribution in [0.2, 0.25) is 0 Å². The Bertz CT molecular complexity index is 1400. The van der Waals surface area contributed by atoms with E-state index in [9.17, 15) is 13.0 Å². The van der Waals surface area contributed by atoms with Gasteiger partial charge in [-0.2, -0.15) is 4.57 Å². The van der Waals surface area contributed by atoms with E-state index in [0.29, 0.717) is 0 Å². The van der Waals surface area contributed by atoms with Crippen molar-refractivity contribution in [3.8, 4) is 0 Å². The topological polar surface area (TPSA) is 64.3 Å². The average Bonchev–Trinajstić information content (AvgIpc) is 2.83. The van der Waals surface area contributed by atoms with Crippen molar-refractivity contribution in [2.45, 2.75) is 16.7 Å². The second kappa shape index (κ2) is 11.3. The zero-order chi connectivity index (χ0) is 24.7. The molecule has 4 aromatic rings. The van der Waals surface area contributed by atoms with Gasteiger partial charge >= 0.3 is 0 Å². The van der Waals surface area contributed by atoms with Crippen LogP contribution in [0.1, 0.15) is 11.3 Å². The molecule has 5 nitrogen and oxygen atoms in total. The van der Waals surface area contributed by atoms with E-state index in [-0.39, 0.29) is 4.90 Å². The maximum absolute atomic E-state index is 10.4. The molecule has 0 saturated carbocycles. The molecule has 0 N–H and O–H groups in total. The van der Waals surface area contributed by atoms with Gasteiger partial charge in [-0.15, -0.1) is 11.8 Å². The molecule has 34 heavy (non-hydrogen) atoms. The van der Waals surface area contributed by atoms with E-state index in [2.05, 4.69) is 103 Å². The van der Waals surface area contributed by atoms with Gasteiger partial charge in [0, 0.05) is 41.7 Å². The first-order valence-electron chi connectivity index (χ1n) is 10.6. The molecule has 3 aromatic carbocycles. The van der Waals surface area contributed by atoms with Crippen LogP contribution in [-0.4, -0.2) is 26.3 Å². The summed E-state index contributed by atoms with van der Waals surface area (Å²) in [6.45, 7) is 1.82. The van der Waals surface area contributed by atoms with Crippen LogP contribution >= 0.6 is 11.8 Å². The number of anilines is 1. The summed E-state index contributed by atoms with van der Waals surface area (Å²) in [5, 5.41) is 1.26. The van der Waals surface area contributed by atoms with Crippen LogP contribution in [0.25, 0.3) is 17.0 Å². The Balaban J connectivity index is 0.000000248. The average molecular weight is 493 g/mol. The number of para-hydroxylation sites is 2. The van der Waals surface area contributed by atoms with Crippen molar-refractivity contribution in [1.82, 2.24) is 0 Å². The fraction of sp³-hybridized carbons (Fsp3) is 0.148. The van der Waals surface area contributed by atoms with Gasteiger partial charge in [0.05, 0.1) is 10.6 Å². The van der Waals surface area contributed by atoms with Crippen molar-refractivity contribution in [1.29, 1.82) is 0 Å².